The smallest absolute Gasteiger partial charge is 0.244 e. The maximum atomic E-state index is 13.2. The molecule has 0 amide bonds. The molecule has 0 unspecified atom stereocenters. The van der Waals surface area contributed by atoms with Crippen molar-refractivity contribution in [1.29, 1.82) is 0 Å². The van der Waals surface area contributed by atoms with E-state index in [-0.39, 0.29) is 17.0 Å². The van der Waals surface area contributed by atoms with E-state index >= 15 is 0 Å². The Morgan fingerprint density at radius 2 is 2.16 bits per heavy atom. The van der Waals surface area contributed by atoms with E-state index in [2.05, 4.69) is 74.3 Å². The van der Waals surface area contributed by atoms with E-state index in [0.29, 0.717) is 0 Å². The molecule has 1 aromatic rings. The second-order valence-corrected chi connectivity index (χ2v) is 9.13. The average molecular weight is 404 g/mol. The third-order valence-corrected chi connectivity index (χ3v) is 6.95. The summed E-state index contributed by atoms with van der Waals surface area (Å²) < 4.78 is 2.24. The Hall–Kier alpha value is -1.26. The highest BCUT2D eigenvalue weighted by atomic mass is 79.9. The summed E-state index contributed by atoms with van der Waals surface area (Å²) in [5.74, 6) is 0. The summed E-state index contributed by atoms with van der Waals surface area (Å²) in [6.45, 7) is 13.7. The van der Waals surface area contributed by atoms with Gasteiger partial charge < -0.3 is 0 Å². The summed E-state index contributed by atoms with van der Waals surface area (Å²) in [7, 11) is 2.06. The van der Waals surface area contributed by atoms with Crippen LogP contribution in [0.5, 0.6) is 0 Å². The number of nitroso groups, excluding NO2 is 1. The van der Waals surface area contributed by atoms with Crippen molar-refractivity contribution in [3.63, 3.8) is 0 Å². The van der Waals surface area contributed by atoms with E-state index in [1.807, 2.05) is 12.1 Å². The normalized spacial score (nSPS) is 25.7. The maximum absolute atomic E-state index is 13.2. The number of likely N-dealkylation sites (N-methyl/N-ethyl adjacent to an activating group) is 1. The van der Waals surface area contributed by atoms with E-state index < -0.39 is 0 Å². The van der Waals surface area contributed by atoms with Crippen molar-refractivity contribution < 1.29 is 4.76 Å². The minimum Gasteiger partial charge on any atom is -0.244 e. The highest BCUT2D eigenvalue weighted by Gasteiger charge is 2.69. The Balaban J connectivity index is 2.24. The number of allylic oxidation sites excluding steroid dienone is 3. The molecule has 2 heterocycles. The molecular weight excluding hydrogens is 376 g/mol. The van der Waals surface area contributed by atoms with Gasteiger partial charge >= 0.3 is 0 Å². The van der Waals surface area contributed by atoms with Crippen LogP contribution in [-0.2, 0) is 11.8 Å². The monoisotopic (exact) mass is 403 g/mol. The molecular formula is C21H28BrN2O+. The van der Waals surface area contributed by atoms with Crippen LogP contribution < -0.4 is 0 Å². The zero-order valence-electron chi connectivity index (χ0n) is 15.9. The van der Waals surface area contributed by atoms with E-state index in [0.717, 1.165) is 29.5 Å². The van der Waals surface area contributed by atoms with Crippen LogP contribution in [-0.4, -0.2) is 29.4 Å². The molecule has 25 heavy (non-hydrogen) atoms. The number of fused-ring (bicyclic) bond motifs is 3. The quantitative estimate of drug-likeness (QED) is 0.489. The van der Waals surface area contributed by atoms with Gasteiger partial charge in [0.2, 0.25) is 0 Å². The minimum absolute atomic E-state index is 0.166. The fraction of sp³-hybridized carbons (Fsp3) is 0.524. The number of nitrogens with zero attached hydrogens (tertiary/aromatic N) is 2. The van der Waals surface area contributed by atoms with E-state index in [9.17, 15) is 4.91 Å². The first-order valence-corrected chi connectivity index (χ1v) is 9.71. The molecule has 1 saturated heterocycles. The lowest BCUT2D eigenvalue weighted by Crippen LogP contribution is -2.49. The fourth-order valence-corrected chi connectivity index (χ4v) is 5.06. The van der Waals surface area contributed by atoms with Gasteiger partial charge in [-0.1, -0.05) is 47.5 Å². The van der Waals surface area contributed by atoms with Gasteiger partial charge in [-0.15, -0.1) is 6.58 Å². The molecule has 3 nitrogen and oxygen atoms in total. The van der Waals surface area contributed by atoms with E-state index in [1.165, 1.54) is 21.5 Å². The standard InChI is InChI=1S/C21H28BrN2O/c1-7-20(4,5)21-10-11-23(6)19(21)24(25)18-13-17(22)15(12-16(18)21)9-8-14(2)3/h7-8,12-13,19H,1,9-11H2,2-6H3/q+1/t19-,21-/m1/s1. The van der Waals surface area contributed by atoms with Gasteiger partial charge in [-0.3, -0.25) is 0 Å². The SMILES string of the molecule is C=CC(C)(C)[C@@]12CCN(C)[C@@H]1[N+](=O)c1cc(Br)c(CC=C(C)C)cc12. The number of halogens is 1. The number of hydrogen-bond acceptors (Lipinski definition) is 2. The zero-order chi connectivity index (χ0) is 18.6. The third kappa shape index (κ3) is 2.57. The number of rotatable bonds is 4. The Kier molecular flexibility index (Phi) is 4.57. The first-order valence-electron chi connectivity index (χ1n) is 8.92. The van der Waals surface area contributed by atoms with Crippen LogP contribution in [0.2, 0.25) is 0 Å². The van der Waals surface area contributed by atoms with Crippen LogP contribution >= 0.6 is 15.9 Å². The predicted octanol–water partition coefficient (Wildman–Crippen LogP) is 5.49. The molecule has 0 N–H and O–H groups in total. The van der Waals surface area contributed by atoms with Crippen LogP contribution in [0.15, 0.2) is 40.9 Å². The maximum Gasteiger partial charge on any atom is 0.274 e. The van der Waals surface area contributed by atoms with Crippen molar-refractivity contribution in [2.45, 2.75) is 52.1 Å². The van der Waals surface area contributed by atoms with Crippen LogP contribution in [0.3, 0.4) is 0 Å². The van der Waals surface area contributed by atoms with Crippen molar-refractivity contribution >= 4 is 21.6 Å². The van der Waals surface area contributed by atoms with E-state index in [1.54, 1.807) is 0 Å². The molecule has 1 fully saturated rings. The van der Waals surface area contributed by atoms with Gasteiger partial charge in [0, 0.05) is 33.0 Å². The molecule has 0 saturated carbocycles. The lowest BCUT2D eigenvalue weighted by atomic mass is 9.60. The van der Waals surface area contributed by atoms with Gasteiger partial charge in [0.05, 0.1) is 10.2 Å². The first kappa shape index (κ1) is 18.5. The molecule has 0 radical (unpaired) electrons. The van der Waals surface area contributed by atoms with Crippen molar-refractivity contribution in [2.24, 2.45) is 5.41 Å². The van der Waals surface area contributed by atoms with Crippen LogP contribution in [0.1, 0.15) is 45.2 Å². The number of likely N-dealkylation sites (tertiary alicyclic amines) is 1. The van der Waals surface area contributed by atoms with Crippen molar-refractivity contribution in [1.82, 2.24) is 4.90 Å². The first-order chi connectivity index (χ1) is 11.7. The van der Waals surface area contributed by atoms with Crippen molar-refractivity contribution in [3.8, 4) is 0 Å². The fourth-order valence-electron chi connectivity index (χ4n) is 4.57. The summed E-state index contributed by atoms with van der Waals surface area (Å²) in [6, 6.07) is 4.28. The van der Waals surface area contributed by atoms with Crippen molar-refractivity contribution in [3.05, 3.63) is 56.9 Å². The molecule has 4 heteroatoms. The second-order valence-electron chi connectivity index (χ2n) is 8.27. The molecule has 2 aliphatic rings. The van der Waals surface area contributed by atoms with Gasteiger partial charge in [0.15, 0.2) is 0 Å². The molecule has 2 aliphatic heterocycles. The zero-order valence-corrected chi connectivity index (χ0v) is 17.5. The summed E-state index contributed by atoms with van der Waals surface area (Å²) in [6.07, 6.45) is 5.95. The Bertz CT molecular complexity index is 776. The molecule has 0 aliphatic carbocycles. The lowest BCUT2D eigenvalue weighted by Gasteiger charge is -2.39. The highest BCUT2D eigenvalue weighted by molar-refractivity contribution is 9.10. The van der Waals surface area contributed by atoms with Gasteiger partial charge in [-0.2, -0.15) is 0 Å². The topological polar surface area (TPSA) is 23.3 Å². The van der Waals surface area contributed by atoms with Gasteiger partial charge in [-0.25, -0.2) is 4.90 Å². The third-order valence-electron chi connectivity index (χ3n) is 6.21. The van der Waals surface area contributed by atoms with Gasteiger partial charge in [0.25, 0.3) is 11.9 Å². The van der Waals surface area contributed by atoms with Gasteiger partial charge in [-0.05, 0) is 45.4 Å². The van der Waals surface area contributed by atoms with Gasteiger partial charge in [0.1, 0.15) is 0 Å². The van der Waals surface area contributed by atoms with Crippen LogP contribution in [0.4, 0.5) is 5.69 Å². The summed E-state index contributed by atoms with van der Waals surface area (Å²) >= 11 is 3.68. The number of hydrogen-bond donors (Lipinski definition) is 0. The predicted molar refractivity (Wildman–Crippen MR) is 107 cm³/mol. The Labute approximate surface area is 159 Å². The summed E-state index contributed by atoms with van der Waals surface area (Å²) in [5, 5.41) is 0. The molecule has 2 atom stereocenters. The molecule has 3 rings (SSSR count). The number of benzene rings is 1. The molecule has 0 aromatic heterocycles. The molecule has 0 spiro atoms. The summed E-state index contributed by atoms with van der Waals surface area (Å²) in [5.41, 5.74) is 4.14. The molecule has 134 valence electrons. The largest absolute Gasteiger partial charge is 0.274 e. The van der Waals surface area contributed by atoms with Crippen molar-refractivity contribution in [2.75, 3.05) is 13.6 Å². The summed E-state index contributed by atoms with van der Waals surface area (Å²) in [4.78, 5) is 15.4. The average Bonchev–Trinajstić information content (AvgIpc) is 3.02. The Morgan fingerprint density at radius 1 is 1.48 bits per heavy atom. The Morgan fingerprint density at radius 3 is 2.76 bits per heavy atom. The highest BCUT2D eigenvalue weighted by Crippen LogP contribution is 2.60. The lowest BCUT2D eigenvalue weighted by molar-refractivity contribution is -0.530. The van der Waals surface area contributed by atoms with E-state index in [4.69, 9.17) is 0 Å². The molecule has 0 bridgehead atoms. The molecule has 1 aromatic carbocycles. The minimum atomic E-state index is -0.221. The second kappa shape index (κ2) is 6.17. The van der Waals surface area contributed by atoms with Crippen LogP contribution in [0.25, 0.3) is 0 Å². The van der Waals surface area contributed by atoms with Crippen LogP contribution in [0, 0.1) is 10.3 Å².